The molecule has 1 aromatic heterocycles. The molecule has 0 radical (unpaired) electrons. The van der Waals surface area contributed by atoms with Crippen LogP contribution in [0.3, 0.4) is 0 Å². The van der Waals surface area contributed by atoms with Gasteiger partial charge in [-0.3, -0.25) is 4.79 Å². The molecule has 0 N–H and O–H groups in total. The molecule has 27 heavy (non-hydrogen) atoms. The molecule has 0 saturated heterocycles. The van der Waals surface area contributed by atoms with Gasteiger partial charge in [0.05, 0.1) is 17.7 Å². The first-order chi connectivity index (χ1) is 12.7. The van der Waals surface area contributed by atoms with E-state index in [0.29, 0.717) is 12.5 Å². The minimum absolute atomic E-state index is 0.0426. The van der Waals surface area contributed by atoms with Gasteiger partial charge in [0.1, 0.15) is 18.6 Å². The number of carbonyl (C=O) groups excluding carboxylic acids is 1. The lowest BCUT2D eigenvalue weighted by Gasteiger charge is -2.09. The molecule has 0 saturated carbocycles. The van der Waals surface area contributed by atoms with Crippen molar-refractivity contribution in [2.45, 2.75) is 33.1 Å². The molecule has 0 unspecified atom stereocenters. The van der Waals surface area contributed by atoms with Gasteiger partial charge in [0.2, 0.25) is 11.2 Å². The Labute approximate surface area is 153 Å². The van der Waals surface area contributed by atoms with E-state index in [2.05, 4.69) is 0 Å². The highest BCUT2D eigenvalue weighted by Crippen LogP contribution is 2.29. The van der Waals surface area contributed by atoms with Gasteiger partial charge in [-0.1, -0.05) is 13.8 Å². The fraction of sp³-hybridized carbons (Fsp3) is 0.368. The van der Waals surface area contributed by atoms with E-state index in [1.165, 1.54) is 0 Å². The van der Waals surface area contributed by atoms with E-state index in [1.807, 2.05) is 13.8 Å². The zero-order chi connectivity index (χ0) is 20.0. The van der Waals surface area contributed by atoms with Crippen LogP contribution >= 0.6 is 0 Å². The predicted molar refractivity (Wildman–Crippen MR) is 90.5 cm³/mol. The Morgan fingerprint density at radius 3 is 2.41 bits per heavy atom. The van der Waals surface area contributed by atoms with E-state index in [4.69, 9.17) is 13.9 Å². The second kappa shape index (κ2) is 8.75. The molecule has 0 amide bonds. The summed E-state index contributed by atoms with van der Waals surface area (Å²) in [5, 5.41) is 0. The van der Waals surface area contributed by atoms with Gasteiger partial charge in [-0.15, -0.1) is 0 Å². The van der Waals surface area contributed by atoms with Crippen LogP contribution in [0.25, 0.3) is 0 Å². The second-order valence-corrected chi connectivity index (χ2v) is 6.26. The molecule has 0 fully saturated rings. The van der Waals surface area contributed by atoms with Crippen molar-refractivity contribution in [2.75, 3.05) is 6.61 Å². The van der Waals surface area contributed by atoms with E-state index in [9.17, 15) is 22.8 Å². The maximum absolute atomic E-state index is 12.5. The summed E-state index contributed by atoms with van der Waals surface area (Å²) in [5.74, 6) is -0.241. The number of ether oxygens (including phenoxy) is 2. The minimum atomic E-state index is -4.48. The third kappa shape index (κ3) is 6.16. The maximum atomic E-state index is 12.5. The van der Waals surface area contributed by atoms with E-state index >= 15 is 0 Å². The highest BCUT2D eigenvalue weighted by atomic mass is 19.4. The van der Waals surface area contributed by atoms with E-state index in [-0.39, 0.29) is 23.7 Å². The van der Waals surface area contributed by atoms with Crippen LogP contribution in [0.4, 0.5) is 13.2 Å². The Hall–Kier alpha value is -2.77. The van der Waals surface area contributed by atoms with Gasteiger partial charge >= 0.3 is 12.1 Å². The lowest BCUT2D eigenvalue weighted by Crippen LogP contribution is -2.12. The summed E-state index contributed by atoms with van der Waals surface area (Å²) in [4.78, 5) is 23.8. The van der Waals surface area contributed by atoms with Gasteiger partial charge in [0, 0.05) is 6.07 Å². The van der Waals surface area contributed by atoms with Crippen LogP contribution in [0, 0.1) is 5.92 Å². The van der Waals surface area contributed by atoms with Gasteiger partial charge in [0.25, 0.3) is 0 Å². The summed E-state index contributed by atoms with van der Waals surface area (Å²) in [6.07, 6.45) is -2.55. The van der Waals surface area contributed by atoms with Crippen LogP contribution in [0.2, 0.25) is 0 Å². The Balaban J connectivity index is 1.93. The molecular weight excluding hydrogens is 365 g/mol. The smallest absolute Gasteiger partial charge is 0.416 e. The first-order valence-corrected chi connectivity index (χ1v) is 8.25. The molecule has 8 heteroatoms. The second-order valence-electron chi connectivity index (χ2n) is 6.26. The Morgan fingerprint density at radius 2 is 1.85 bits per heavy atom. The van der Waals surface area contributed by atoms with Gasteiger partial charge in [-0.25, -0.2) is 4.79 Å². The van der Waals surface area contributed by atoms with Crippen LogP contribution in [0.5, 0.6) is 5.75 Å². The van der Waals surface area contributed by atoms with Crippen molar-refractivity contribution in [2.24, 2.45) is 5.92 Å². The van der Waals surface area contributed by atoms with Crippen molar-refractivity contribution in [3.8, 4) is 5.75 Å². The summed E-state index contributed by atoms with van der Waals surface area (Å²) in [6, 6.07) is 4.77. The van der Waals surface area contributed by atoms with Gasteiger partial charge in [-0.2, -0.15) is 13.2 Å². The number of alkyl halides is 3. The van der Waals surface area contributed by atoms with Crippen molar-refractivity contribution in [3.63, 3.8) is 0 Å². The highest BCUT2D eigenvalue weighted by molar-refractivity contribution is 5.89. The molecule has 146 valence electrons. The molecule has 5 nitrogen and oxygen atoms in total. The van der Waals surface area contributed by atoms with Crippen LogP contribution in [0.15, 0.2) is 45.8 Å². The first kappa shape index (κ1) is 20.5. The molecular formula is C19H19F3O5. The van der Waals surface area contributed by atoms with Crippen molar-refractivity contribution in [3.05, 3.63) is 63.7 Å². The molecule has 0 spiro atoms. The lowest BCUT2D eigenvalue weighted by molar-refractivity contribution is -0.137. The lowest BCUT2D eigenvalue weighted by atomic mass is 10.1. The monoisotopic (exact) mass is 384 g/mol. The summed E-state index contributed by atoms with van der Waals surface area (Å²) in [5.41, 5.74) is -1.32. The highest BCUT2D eigenvalue weighted by Gasteiger charge is 2.30. The number of carbonyl (C=O) groups is 1. The average Bonchev–Trinajstić information content (AvgIpc) is 2.60. The van der Waals surface area contributed by atoms with Crippen LogP contribution in [-0.4, -0.2) is 12.6 Å². The average molecular weight is 384 g/mol. The number of rotatable bonds is 7. The molecule has 0 bridgehead atoms. The third-order valence-corrected chi connectivity index (χ3v) is 3.60. The van der Waals surface area contributed by atoms with E-state index < -0.39 is 23.1 Å². The quantitative estimate of drug-likeness (QED) is 0.661. The molecule has 2 aromatic rings. The van der Waals surface area contributed by atoms with Crippen molar-refractivity contribution >= 4 is 5.97 Å². The topological polar surface area (TPSA) is 65.7 Å². The van der Waals surface area contributed by atoms with Crippen molar-refractivity contribution < 1.29 is 31.9 Å². The Kier molecular flexibility index (Phi) is 6.65. The number of benzene rings is 1. The molecule has 0 aliphatic rings. The zero-order valence-corrected chi connectivity index (χ0v) is 14.8. The third-order valence-electron chi connectivity index (χ3n) is 3.60. The normalized spacial score (nSPS) is 11.5. The molecule has 2 rings (SSSR count). The summed E-state index contributed by atoms with van der Waals surface area (Å²) in [6.45, 7) is 4.10. The molecule has 1 heterocycles. The summed E-state index contributed by atoms with van der Waals surface area (Å²) >= 11 is 0. The number of hydrogen-bond donors (Lipinski definition) is 0. The fourth-order valence-corrected chi connectivity index (χ4v) is 2.04. The standard InChI is InChI=1S/C19H19F3O5/c1-12(2)7-8-25-17-11-26-15(9-16(17)23)10-27-18(24)13-3-5-14(6-4-13)19(20,21)22/h3-6,9,11-12H,7-8,10H2,1-2H3. The number of halogens is 3. The summed E-state index contributed by atoms with van der Waals surface area (Å²) < 4.78 is 53.0. The van der Waals surface area contributed by atoms with Crippen molar-refractivity contribution in [1.82, 2.24) is 0 Å². The van der Waals surface area contributed by atoms with Gasteiger partial charge in [0.15, 0.2) is 0 Å². The number of hydrogen-bond acceptors (Lipinski definition) is 5. The minimum Gasteiger partial charge on any atom is -0.487 e. The van der Waals surface area contributed by atoms with Crippen molar-refractivity contribution in [1.29, 1.82) is 0 Å². The molecule has 1 aromatic carbocycles. The molecule has 0 aliphatic heterocycles. The first-order valence-electron chi connectivity index (χ1n) is 8.25. The van der Waals surface area contributed by atoms with Gasteiger partial charge < -0.3 is 13.9 Å². The largest absolute Gasteiger partial charge is 0.487 e. The Bertz CT molecular complexity index is 822. The van der Waals surface area contributed by atoms with E-state index in [1.54, 1.807) is 0 Å². The zero-order valence-electron chi connectivity index (χ0n) is 14.8. The Morgan fingerprint density at radius 1 is 1.19 bits per heavy atom. The fourth-order valence-electron chi connectivity index (χ4n) is 2.04. The van der Waals surface area contributed by atoms with Crippen LogP contribution < -0.4 is 10.2 Å². The van der Waals surface area contributed by atoms with Gasteiger partial charge in [-0.05, 0) is 36.6 Å². The predicted octanol–water partition coefficient (Wildman–Crippen LogP) is 4.44. The number of esters is 1. The van der Waals surface area contributed by atoms with Crippen LogP contribution in [0.1, 0.15) is 41.9 Å². The van der Waals surface area contributed by atoms with E-state index in [0.717, 1.165) is 43.0 Å². The molecule has 0 aliphatic carbocycles. The summed E-state index contributed by atoms with van der Waals surface area (Å²) in [7, 11) is 0. The molecule has 0 atom stereocenters. The maximum Gasteiger partial charge on any atom is 0.416 e. The SMILES string of the molecule is CC(C)CCOc1coc(COC(=O)c2ccc(C(F)(F)F)cc2)cc1=O. The van der Waals surface area contributed by atoms with Crippen LogP contribution in [-0.2, 0) is 17.5 Å².